The third-order valence-corrected chi connectivity index (χ3v) is 4.50. The average Bonchev–Trinajstić information content (AvgIpc) is 2.84. The van der Waals surface area contributed by atoms with Crippen LogP contribution in [0.2, 0.25) is 0 Å². The van der Waals surface area contributed by atoms with Crippen LogP contribution in [0.3, 0.4) is 0 Å². The third-order valence-electron chi connectivity index (χ3n) is 4.07. The highest BCUT2D eigenvalue weighted by Gasteiger charge is 2.14. The lowest BCUT2D eigenvalue weighted by molar-refractivity contribution is 0.508. The van der Waals surface area contributed by atoms with Gasteiger partial charge in [0.2, 0.25) is 0 Å². The summed E-state index contributed by atoms with van der Waals surface area (Å²) in [5.41, 5.74) is 3.06. The van der Waals surface area contributed by atoms with Gasteiger partial charge < -0.3 is 4.42 Å². The Morgan fingerprint density at radius 1 is 1.05 bits per heavy atom. The number of hydrogen-bond donors (Lipinski definition) is 0. The van der Waals surface area contributed by atoms with Crippen molar-refractivity contribution in [1.82, 2.24) is 0 Å². The van der Waals surface area contributed by atoms with E-state index in [-0.39, 0.29) is 5.38 Å². The summed E-state index contributed by atoms with van der Waals surface area (Å²) in [5, 5.41) is 2.40. The molecule has 0 spiro atoms. The summed E-state index contributed by atoms with van der Waals surface area (Å²) < 4.78 is 5.85. The molecule has 2 atom stereocenters. The zero-order valence-corrected chi connectivity index (χ0v) is 12.7. The first-order valence-electron chi connectivity index (χ1n) is 7.24. The Bertz CT molecular complexity index is 728. The number of halogens is 1. The molecule has 2 aromatic carbocycles. The number of benzene rings is 2. The molecule has 0 aliphatic rings. The van der Waals surface area contributed by atoms with Crippen LogP contribution < -0.4 is 0 Å². The van der Waals surface area contributed by atoms with Crippen molar-refractivity contribution in [3.63, 3.8) is 0 Å². The molecule has 1 nitrogen and oxygen atoms in total. The van der Waals surface area contributed by atoms with E-state index in [1.165, 1.54) is 12.0 Å². The van der Waals surface area contributed by atoms with E-state index >= 15 is 0 Å². The summed E-state index contributed by atoms with van der Waals surface area (Å²) in [5.74, 6) is 0.647. The molecule has 0 bridgehead atoms. The Kier molecular flexibility index (Phi) is 3.71. The first-order valence-corrected chi connectivity index (χ1v) is 7.68. The fourth-order valence-corrected chi connectivity index (χ4v) is 3.03. The molecule has 0 saturated carbocycles. The van der Waals surface area contributed by atoms with Gasteiger partial charge in [0.1, 0.15) is 11.2 Å². The number of furan rings is 1. The predicted molar refractivity (Wildman–Crippen MR) is 86.4 cm³/mol. The smallest absolute Gasteiger partial charge is 0.135 e. The van der Waals surface area contributed by atoms with Crippen molar-refractivity contribution in [2.45, 2.75) is 32.1 Å². The molecule has 0 aliphatic heterocycles. The van der Waals surface area contributed by atoms with Crippen molar-refractivity contribution in [2.24, 2.45) is 5.92 Å². The fraction of sp³-hybridized carbons (Fsp3) is 0.333. The number of hydrogen-bond acceptors (Lipinski definition) is 1. The largest absolute Gasteiger partial charge is 0.456 e. The number of alkyl halides is 1. The van der Waals surface area contributed by atoms with E-state index in [0.29, 0.717) is 5.92 Å². The molecule has 2 unspecified atom stereocenters. The van der Waals surface area contributed by atoms with Gasteiger partial charge in [-0.15, -0.1) is 11.6 Å². The first-order chi connectivity index (χ1) is 9.69. The van der Waals surface area contributed by atoms with Gasteiger partial charge in [-0.2, -0.15) is 0 Å². The summed E-state index contributed by atoms with van der Waals surface area (Å²) in [6.07, 6.45) is 2.18. The van der Waals surface area contributed by atoms with Crippen LogP contribution in [0.15, 0.2) is 46.9 Å². The van der Waals surface area contributed by atoms with Gasteiger partial charge in [0.25, 0.3) is 0 Å². The SMILES string of the molecule is CCC(C)CC(Cl)c1ccc2oc3ccccc3c2c1. The van der Waals surface area contributed by atoms with E-state index in [0.717, 1.165) is 28.4 Å². The predicted octanol–water partition coefficient (Wildman–Crippen LogP) is 6.30. The fourth-order valence-electron chi connectivity index (χ4n) is 2.59. The average molecular weight is 287 g/mol. The summed E-state index contributed by atoms with van der Waals surface area (Å²) in [4.78, 5) is 0. The third kappa shape index (κ3) is 2.43. The van der Waals surface area contributed by atoms with E-state index in [1.54, 1.807) is 0 Å². The van der Waals surface area contributed by atoms with Crippen LogP contribution in [0.1, 0.15) is 37.6 Å². The van der Waals surface area contributed by atoms with Gasteiger partial charge in [0, 0.05) is 10.8 Å². The molecule has 104 valence electrons. The molecular weight excluding hydrogens is 268 g/mol. The minimum Gasteiger partial charge on any atom is -0.456 e. The lowest BCUT2D eigenvalue weighted by Gasteiger charge is -2.14. The van der Waals surface area contributed by atoms with Crippen molar-refractivity contribution in [3.8, 4) is 0 Å². The minimum absolute atomic E-state index is 0.0722. The molecule has 1 heterocycles. The molecule has 0 radical (unpaired) electrons. The molecule has 3 rings (SSSR count). The van der Waals surface area contributed by atoms with Crippen LogP contribution in [0.5, 0.6) is 0 Å². The molecule has 0 amide bonds. The molecule has 2 heteroatoms. The Balaban J connectivity index is 2.03. The van der Waals surface area contributed by atoms with Crippen LogP contribution in [-0.4, -0.2) is 0 Å². The molecule has 20 heavy (non-hydrogen) atoms. The highest BCUT2D eigenvalue weighted by atomic mass is 35.5. The molecule has 1 aromatic heterocycles. The molecule has 0 N–H and O–H groups in total. The Morgan fingerprint density at radius 2 is 1.80 bits per heavy atom. The monoisotopic (exact) mass is 286 g/mol. The summed E-state index contributed by atoms with van der Waals surface area (Å²) >= 11 is 6.57. The molecular formula is C18H19ClO. The van der Waals surface area contributed by atoms with Crippen molar-refractivity contribution < 1.29 is 4.42 Å². The van der Waals surface area contributed by atoms with Crippen molar-refractivity contribution in [1.29, 1.82) is 0 Å². The van der Waals surface area contributed by atoms with E-state index in [4.69, 9.17) is 16.0 Å². The van der Waals surface area contributed by atoms with E-state index in [2.05, 4.69) is 32.0 Å². The summed E-state index contributed by atoms with van der Waals surface area (Å²) in [6, 6.07) is 14.5. The topological polar surface area (TPSA) is 13.1 Å². The summed E-state index contributed by atoms with van der Waals surface area (Å²) in [7, 11) is 0. The van der Waals surface area contributed by atoms with Gasteiger partial charge in [-0.3, -0.25) is 0 Å². The number of para-hydroxylation sites is 1. The zero-order chi connectivity index (χ0) is 14.1. The van der Waals surface area contributed by atoms with Crippen LogP contribution in [0.25, 0.3) is 21.9 Å². The normalized spacial score (nSPS) is 14.8. The molecule has 3 aromatic rings. The van der Waals surface area contributed by atoms with Crippen molar-refractivity contribution in [2.75, 3.05) is 0 Å². The van der Waals surface area contributed by atoms with E-state index < -0.39 is 0 Å². The van der Waals surface area contributed by atoms with Gasteiger partial charge in [0.15, 0.2) is 0 Å². The van der Waals surface area contributed by atoms with Crippen LogP contribution in [0.4, 0.5) is 0 Å². The maximum atomic E-state index is 6.57. The Labute approximate surface area is 124 Å². The maximum absolute atomic E-state index is 6.57. The van der Waals surface area contributed by atoms with Gasteiger partial charge in [-0.25, -0.2) is 0 Å². The highest BCUT2D eigenvalue weighted by Crippen LogP contribution is 2.34. The first kappa shape index (κ1) is 13.5. The van der Waals surface area contributed by atoms with Gasteiger partial charge >= 0.3 is 0 Å². The van der Waals surface area contributed by atoms with Gasteiger partial charge in [-0.05, 0) is 36.1 Å². The quantitative estimate of drug-likeness (QED) is 0.513. The van der Waals surface area contributed by atoms with Crippen LogP contribution in [-0.2, 0) is 0 Å². The maximum Gasteiger partial charge on any atom is 0.135 e. The molecule has 0 aliphatic carbocycles. The number of rotatable bonds is 4. The van der Waals surface area contributed by atoms with Crippen molar-refractivity contribution >= 4 is 33.5 Å². The highest BCUT2D eigenvalue weighted by molar-refractivity contribution is 6.21. The van der Waals surface area contributed by atoms with Gasteiger partial charge in [0.05, 0.1) is 5.38 Å². The van der Waals surface area contributed by atoms with E-state index in [9.17, 15) is 0 Å². The van der Waals surface area contributed by atoms with Crippen LogP contribution >= 0.6 is 11.6 Å². The lowest BCUT2D eigenvalue weighted by atomic mass is 9.97. The van der Waals surface area contributed by atoms with Crippen LogP contribution in [0, 0.1) is 5.92 Å². The molecule has 0 saturated heterocycles. The second-order valence-corrected chi connectivity index (χ2v) is 6.10. The Morgan fingerprint density at radius 3 is 2.60 bits per heavy atom. The Hall–Kier alpha value is -1.47. The van der Waals surface area contributed by atoms with Crippen molar-refractivity contribution in [3.05, 3.63) is 48.0 Å². The lowest BCUT2D eigenvalue weighted by Crippen LogP contribution is -1.98. The standard InChI is InChI=1S/C18H19ClO/c1-3-12(2)10-16(19)13-8-9-18-15(11-13)14-6-4-5-7-17(14)20-18/h4-9,11-12,16H,3,10H2,1-2H3. The zero-order valence-electron chi connectivity index (χ0n) is 11.9. The second kappa shape index (κ2) is 5.49. The number of fused-ring (bicyclic) bond motifs is 3. The molecule has 0 fully saturated rings. The second-order valence-electron chi connectivity index (χ2n) is 5.57. The summed E-state index contributed by atoms with van der Waals surface area (Å²) in [6.45, 7) is 4.46. The van der Waals surface area contributed by atoms with E-state index in [1.807, 2.05) is 24.3 Å². The minimum atomic E-state index is 0.0722. The van der Waals surface area contributed by atoms with Gasteiger partial charge in [-0.1, -0.05) is 44.5 Å².